The SMILES string of the molecule is Cc1nnc(CN=C(NCc2nc(C(F)(F)F)cs2)NC2CCCCC2)n1C.I. The molecule has 0 unspecified atom stereocenters. The number of hydrogen-bond donors (Lipinski definition) is 2. The summed E-state index contributed by atoms with van der Waals surface area (Å²) in [5, 5.41) is 16.0. The first-order valence-electron chi connectivity index (χ1n) is 9.24. The van der Waals surface area contributed by atoms with Gasteiger partial charge in [-0.15, -0.1) is 45.5 Å². The van der Waals surface area contributed by atoms with Crippen LogP contribution < -0.4 is 10.6 Å². The van der Waals surface area contributed by atoms with Crippen molar-refractivity contribution in [1.82, 2.24) is 30.4 Å². The highest BCUT2D eigenvalue weighted by atomic mass is 127. The number of thiazole rings is 1. The third kappa shape index (κ3) is 6.79. The van der Waals surface area contributed by atoms with Crippen LogP contribution in [-0.2, 0) is 26.3 Å². The van der Waals surface area contributed by atoms with E-state index in [0.29, 0.717) is 23.6 Å². The van der Waals surface area contributed by atoms with Crippen molar-refractivity contribution in [3.05, 3.63) is 27.7 Å². The Morgan fingerprint density at radius 3 is 2.59 bits per heavy atom. The molecule has 0 aliphatic heterocycles. The van der Waals surface area contributed by atoms with Crippen LogP contribution in [0.5, 0.6) is 0 Å². The summed E-state index contributed by atoms with van der Waals surface area (Å²) in [6.07, 6.45) is 1.24. The molecule has 0 amide bonds. The summed E-state index contributed by atoms with van der Waals surface area (Å²) in [6.45, 7) is 2.36. The maximum atomic E-state index is 12.7. The summed E-state index contributed by atoms with van der Waals surface area (Å²) in [4.78, 5) is 8.22. The second kappa shape index (κ2) is 10.5. The monoisotopic (exact) mass is 543 g/mol. The van der Waals surface area contributed by atoms with E-state index in [1.807, 2.05) is 18.5 Å². The Labute approximate surface area is 188 Å². The van der Waals surface area contributed by atoms with Gasteiger partial charge in [-0.05, 0) is 19.8 Å². The fourth-order valence-electron chi connectivity index (χ4n) is 3.01. The standard InChI is InChI=1S/C17H24F3N7S.HI/c1-11-25-26-14(27(11)2)8-21-16(23-12-6-4-3-5-7-12)22-9-15-24-13(10-28-15)17(18,19)20;/h10,12H,3-9H2,1-2H3,(H2,21,22,23);1H. The predicted octanol–water partition coefficient (Wildman–Crippen LogP) is 3.78. The average Bonchev–Trinajstić information content (AvgIpc) is 3.26. The van der Waals surface area contributed by atoms with E-state index in [1.165, 1.54) is 6.42 Å². The molecule has 1 aliphatic rings. The first kappa shape index (κ1) is 23.8. The lowest BCUT2D eigenvalue weighted by atomic mass is 9.96. The van der Waals surface area contributed by atoms with Crippen molar-refractivity contribution in [2.75, 3.05) is 0 Å². The largest absolute Gasteiger partial charge is 0.434 e. The molecule has 7 nitrogen and oxygen atoms in total. The number of hydrogen-bond acceptors (Lipinski definition) is 5. The van der Waals surface area contributed by atoms with Crippen LogP contribution in [0.15, 0.2) is 10.4 Å². The molecule has 162 valence electrons. The van der Waals surface area contributed by atoms with Gasteiger partial charge in [-0.3, -0.25) is 0 Å². The zero-order valence-corrected chi connectivity index (χ0v) is 19.4. The van der Waals surface area contributed by atoms with Gasteiger partial charge in [0, 0.05) is 18.5 Å². The minimum atomic E-state index is -4.42. The van der Waals surface area contributed by atoms with Gasteiger partial charge >= 0.3 is 6.18 Å². The zero-order valence-electron chi connectivity index (χ0n) is 16.3. The summed E-state index contributed by atoms with van der Waals surface area (Å²) < 4.78 is 40.0. The molecule has 1 aliphatic carbocycles. The van der Waals surface area contributed by atoms with E-state index >= 15 is 0 Å². The van der Waals surface area contributed by atoms with E-state index in [0.717, 1.165) is 54.0 Å². The van der Waals surface area contributed by atoms with Gasteiger partial charge < -0.3 is 15.2 Å². The van der Waals surface area contributed by atoms with Crippen LogP contribution >= 0.6 is 35.3 Å². The smallest absolute Gasteiger partial charge is 0.354 e. The van der Waals surface area contributed by atoms with Crippen LogP contribution in [0.4, 0.5) is 13.2 Å². The second-order valence-electron chi connectivity index (χ2n) is 6.84. The Bertz CT molecular complexity index is 812. The van der Waals surface area contributed by atoms with Gasteiger partial charge in [0.1, 0.15) is 17.4 Å². The molecule has 0 radical (unpaired) electrons. The van der Waals surface area contributed by atoms with Crippen molar-refractivity contribution < 1.29 is 13.2 Å². The van der Waals surface area contributed by atoms with Crippen LogP contribution in [0.2, 0.25) is 0 Å². The molecule has 3 rings (SSSR count). The quantitative estimate of drug-likeness (QED) is 0.341. The first-order valence-corrected chi connectivity index (χ1v) is 10.1. The number of alkyl halides is 3. The van der Waals surface area contributed by atoms with E-state index in [1.54, 1.807) is 0 Å². The third-order valence-electron chi connectivity index (χ3n) is 4.76. The van der Waals surface area contributed by atoms with Crippen molar-refractivity contribution in [2.24, 2.45) is 12.0 Å². The molecule has 0 aromatic carbocycles. The zero-order chi connectivity index (χ0) is 20.1. The molecule has 2 N–H and O–H groups in total. The van der Waals surface area contributed by atoms with E-state index < -0.39 is 11.9 Å². The van der Waals surface area contributed by atoms with Gasteiger partial charge in [-0.25, -0.2) is 9.98 Å². The van der Waals surface area contributed by atoms with E-state index in [9.17, 15) is 13.2 Å². The number of aromatic nitrogens is 4. The summed E-state index contributed by atoms with van der Waals surface area (Å²) in [5.41, 5.74) is -0.859. The molecule has 29 heavy (non-hydrogen) atoms. The van der Waals surface area contributed by atoms with Crippen molar-refractivity contribution in [3.63, 3.8) is 0 Å². The summed E-state index contributed by atoms with van der Waals surface area (Å²) in [7, 11) is 1.87. The molecular formula is C17H25F3IN7S. The van der Waals surface area contributed by atoms with Crippen molar-refractivity contribution >= 4 is 41.3 Å². The topological polar surface area (TPSA) is 80.0 Å². The third-order valence-corrected chi connectivity index (χ3v) is 5.61. The lowest BCUT2D eigenvalue weighted by Crippen LogP contribution is -2.44. The first-order chi connectivity index (χ1) is 13.3. The molecule has 0 atom stereocenters. The fraction of sp³-hybridized carbons (Fsp3) is 0.647. The van der Waals surface area contributed by atoms with E-state index in [-0.39, 0.29) is 30.5 Å². The van der Waals surface area contributed by atoms with Crippen molar-refractivity contribution in [2.45, 2.75) is 64.3 Å². The van der Waals surface area contributed by atoms with Gasteiger partial charge in [0.15, 0.2) is 17.5 Å². The molecule has 0 spiro atoms. The highest BCUT2D eigenvalue weighted by molar-refractivity contribution is 14.0. The van der Waals surface area contributed by atoms with Crippen molar-refractivity contribution in [1.29, 1.82) is 0 Å². The molecular weight excluding hydrogens is 518 g/mol. The maximum Gasteiger partial charge on any atom is 0.434 e. The fourth-order valence-corrected chi connectivity index (χ4v) is 3.75. The van der Waals surface area contributed by atoms with Gasteiger partial charge in [0.25, 0.3) is 0 Å². The number of guanidine groups is 1. The average molecular weight is 543 g/mol. The highest BCUT2D eigenvalue weighted by Gasteiger charge is 2.33. The number of nitrogens with zero attached hydrogens (tertiary/aromatic N) is 5. The number of rotatable bonds is 5. The lowest BCUT2D eigenvalue weighted by Gasteiger charge is -2.25. The van der Waals surface area contributed by atoms with Crippen molar-refractivity contribution in [3.8, 4) is 0 Å². The van der Waals surface area contributed by atoms with Gasteiger partial charge in [0.2, 0.25) is 0 Å². The maximum absolute atomic E-state index is 12.7. The molecule has 1 fully saturated rings. The van der Waals surface area contributed by atoms with Crippen LogP contribution in [-0.4, -0.2) is 31.7 Å². The van der Waals surface area contributed by atoms with Crippen LogP contribution in [0, 0.1) is 6.92 Å². The van der Waals surface area contributed by atoms with Crippen LogP contribution in [0.3, 0.4) is 0 Å². The minimum absolute atomic E-state index is 0. The van der Waals surface area contributed by atoms with Gasteiger partial charge in [-0.2, -0.15) is 13.2 Å². The van der Waals surface area contributed by atoms with E-state index in [2.05, 4.69) is 30.8 Å². The molecule has 12 heteroatoms. The second-order valence-corrected chi connectivity index (χ2v) is 7.79. The Balaban J connectivity index is 0.00000300. The number of aliphatic imine (C=N–C) groups is 1. The Hall–Kier alpha value is -1.44. The van der Waals surface area contributed by atoms with E-state index in [4.69, 9.17) is 0 Å². The normalized spacial score (nSPS) is 15.8. The molecule has 2 aromatic rings. The van der Waals surface area contributed by atoms with Gasteiger partial charge in [0.05, 0.1) is 6.54 Å². The Morgan fingerprint density at radius 2 is 2.00 bits per heavy atom. The number of aryl methyl sites for hydroxylation is 1. The van der Waals surface area contributed by atoms with Crippen LogP contribution in [0.25, 0.3) is 0 Å². The Kier molecular flexibility index (Phi) is 8.67. The summed E-state index contributed by atoms with van der Waals surface area (Å²) in [5.74, 6) is 2.06. The summed E-state index contributed by atoms with van der Waals surface area (Å²) >= 11 is 0.982. The molecule has 2 aromatic heterocycles. The minimum Gasteiger partial charge on any atom is -0.354 e. The van der Waals surface area contributed by atoms with Gasteiger partial charge in [-0.1, -0.05) is 19.3 Å². The molecule has 0 saturated heterocycles. The molecule has 0 bridgehead atoms. The molecule has 1 saturated carbocycles. The summed E-state index contributed by atoms with van der Waals surface area (Å²) in [6, 6.07) is 0.309. The molecule has 2 heterocycles. The highest BCUT2D eigenvalue weighted by Crippen LogP contribution is 2.29. The lowest BCUT2D eigenvalue weighted by molar-refractivity contribution is -0.140. The predicted molar refractivity (Wildman–Crippen MR) is 116 cm³/mol. The number of nitrogens with one attached hydrogen (secondary N) is 2. The number of halogens is 4. The Morgan fingerprint density at radius 1 is 1.28 bits per heavy atom. The van der Waals surface area contributed by atoms with Crippen LogP contribution in [0.1, 0.15) is 54.5 Å².